The van der Waals surface area contributed by atoms with Crippen LogP contribution < -0.4 is 10.9 Å². The van der Waals surface area contributed by atoms with Gasteiger partial charge in [0.2, 0.25) is 0 Å². The topological polar surface area (TPSA) is 62.0 Å². The number of carbonyl (C=O) groups excluding carboxylic acids is 1. The first-order chi connectivity index (χ1) is 13.6. The highest BCUT2D eigenvalue weighted by atomic mass is 19.4. The number of aromatic nitrogens is 1. The molecule has 0 spiro atoms. The Morgan fingerprint density at radius 3 is 1.76 bits per heavy atom. The lowest BCUT2D eigenvalue weighted by Gasteiger charge is -2.20. The number of aryl methyl sites for hydroxylation is 2. The number of carbonyl (C=O) groups is 1. The van der Waals surface area contributed by atoms with E-state index < -0.39 is 29.4 Å². The van der Waals surface area contributed by atoms with Gasteiger partial charge in [-0.15, -0.1) is 0 Å². The van der Waals surface area contributed by atoms with Gasteiger partial charge < -0.3 is 10.3 Å². The number of H-pyrrole nitrogens is 1. The van der Waals surface area contributed by atoms with E-state index in [-0.39, 0.29) is 5.56 Å². The van der Waals surface area contributed by atoms with Crippen LogP contribution in [0.15, 0.2) is 65.5 Å². The Hall–Kier alpha value is -3.35. The summed E-state index contributed by atoms with van der Waals surface area (Å²) >= 11 is 0. The first-order valence-corrected chi connectivity index (χ1v) is 8.89. The molecule has 0 aliphatic rings. The number of hydrogen-bond acceptors (Lipinski definition) is 2. The summed E-state index contributed by atoms with van der Waals surface area (Å²) in [5.41, 5.74) is 0.981. The molecule has 2 N–H and O–H groups in total. The SMILES string of the molecule is Cc1ccc(C(NC(=O)c2ccc(C(F)(F)F)[nH]c2=O)c2ccc(C)cc2)cc1. The van der Waals surface area contributed by atoms with Gasteiger partial charge in [-0.1, -0.05) is 59.7 Å². The van der Waals surface area contributed by atoms with Gasteiger partial charge in [-0.3, -0.25) is 9.59 Å². The second-order valence-corrected chi connectivity index (χ2v) is 6.84. The molecule has 0 unspecified atom stereocenters. The largest absolute Gasteiger partial charge is 0.431 e. The van der Waals surface area contributed by atoms with Crippen LogP contribution in [-0.2, 0) is 6.18 Å². The highest BCUT2D eigenvalue weighted by Crippen LogP contribution is 2.27. The van der Waals surface area contributed by atoms with Gasteiger partial charge in [0.1, 0.15) is 11.3 Å². The fourth-order valence-corrected chi connectivity index (χ4v) is 2.90. The average molecular weight is 400 g/mol. The summed E-state index contributed by atoms with van der Waals surface area (Å²) in [6.45, 7) is 3.87. The van der Waals surface area contributed by atoms with Gasteiger partial charge in [-0.2, -0.15) is 13.2 Å². The Labute approximate surface area is 165 Å². The first kappa shape index (κ1) is 20.4. The van der Waals surface area contributed by atoms with Crippen LogP contribution in [0.5, 0.6) is 0 Å². The molecule has 3 aromatic rings. The maximum absolute atomic E-state index is 12.7. The normalized spacial score (nSPS) is 11.5. The Morgan fingerprint density at radius 2 is 1.34 bits per heavy atom. The minimum atomic E-state index is -4.69. The van der Waals surface area contributed by atoms with Crippen molar-refractivity contribution in [3.05, 3.63) is 105 Å². The van der Waals surface area contributed by atoms with Crippen molar-refractivity contribution in [3.63, 3.8) is 0 Å². The molecule has 0 radical (unpaired) electrons. The van der Waals surface area contributed by atoms with Gasteiger partial charge in [0.15, 0.2) is 0 Å². The molecule has 2 aromatic carbocycles. The van der Waals surface area contributed by atoms with Crippen LogP contribution in [0.1, 0.15) is 44.3 Å². The van der Waals surface area contributed by atoms with E-state index in [0.717, 1.165) is 28.3 Å². The van der Waals surface area contributed by atoms with E-state index in [9.17, 15) is 22.8 Å². The van der Waals surface area contributed by atoms with Gasteiger partial charge in [-0.05, 0) is 37.1 Å². The average Bonchev–Trinajstić information content (AvgIpc) is 2.67. The standard InChI is InChI=1S/C22H19F3N2O2/c1-13-3-7-15(8-4-13)19(16-9-5-14(2)6-10-16)27-21(29)17-11-12-18(22(23,24)25)26-20(17)28/h3-12,19H,1-2H3,(H,26,28)(H,27,29). The predicted molar refractivity (Wildman–Crippen MR) is 104 cm³/mol. The molecule has 0 saturated carbocycles. The summed E-state index contributed by atoms with van der Waals surface area (Å²) in [5.74, 6) is -0.758. The Balaban J connectivity index is 1.95. The number of rotatable bonds is 4. The summed E-state index contributed by atoms with van der Waals surface area (Å²) in [6, 6.07) is 16.0. The second-order valence-electron chi connectivity index (χ2n) is 6.84. The molecule has 7 heteroatoms. The number of halogens is 3. The smallest absolute Gasteiger partial charge is 0.341 e. The lowest BCUT2D eigenvalue weighted by Crippen LogP contribution is -2.34. The summed E-state index contributed by atoms with van der Waals surface area (Å²) in [4.78, 5) is 26.5. The van der Waals surface area contributed by atoms with E-state index in [1.165, 1.54) is 0 Å². The Kier molecular flexibility index (Phi) is 5.59. The lowest BCUT2D eigenvalue weighted by molar-refractivity contribution is -0.141. The van der Waals surface area contributed by atoms with Crippen molar-refractivity contribution in [3.8, 4) is 0 Å². The minimum absolute atomic E-state index is 0.387. The van der Waals surface area contributed by atoms with Crippen LogP contribution in [0.4, 0.5) is 13.2 Å². The summed E-state index contributed by atoms with van der Waals surface area (Å²) < 4.78 is 38.2. The second kappa shape index (κ2) is 7.95. The van der Waals surface area contributed by atoms with Gasteiger partial charge in [0.25, 0.3) is 11.5 Å². The molecular weight excluding hydrogens is 381 g/mol. The zero-order chi connectivity index (χ0) is 21.2. The molecule has 0 atom stereocenters. The van der Waals surface area contributed by atoms with Gasteiger partial charge >= 0.3 is 6.18 Å². The molecule has 150 valence electrons. The van der Waals surface area contributed by atoms with Crippen molar-refractivity contribution in [1.29, 1.82) is 0 Å². The van der Waals surface area contributed by atoms with Crippen LogP contribution in [0.2, 0.25) is 0 Å². The highest BCUT2D eigenvalue weighted by molar-refractivity contribution is 5.94. The zero-order valence-electron chi connectivity index (χ0n) is 15.8. The van der Waals surface area contributed by atoms with Crippen molar-refractivity contribution in [2.45, 2.75) is 26.1 Å². The van der Waals surface area contributed by atoms with Crippen molar-refractivity contribution in [1.82, 2.24) is 10.3 Å². The van der Waals surface area contributed by atoms with E-state index in [1.807, 2.05) is 62.4 Å². The summed E-state index contributed by atoms with van der Waals surface area (Å²) in [5, 5.41) is 2.76. The van der Waals surface area contributed by atoms with Gasteiger partial charge in [0, 0.05) is 0 Å². The van der Waals surface area contributed by atoms with Crippen LogP contribution in [0, 0.1) is 13.8 Å². The third-order valence-electron chi connectivity index (χ3n) is 4.56. The van der Waals surface area contributed by atoms with E-state index >= 15 is 0 Å². The number of hydrogen-bond donors (Lipinski definition) is 2. The Bertz CT molecular complexity index is 1020. The van der Waals surface area contributed by atoms with E-state index in [2.05, 4.69) is 5.32 Å². The lowest BCUT2D eigenvalue weighted by atomic mass is 9.96. The number of benzene rings is 2. The minimum Gasteiger partial charge on any atom is -0.341 e. The summed E-state index contributed by atoms with van der Waals surface area (Å²) in [6.07, 6.45) is -4.69. The van der Waals surface area contributed by atoms with E-state index in [4.69, 9.17) is 0 Å². The third-order valence-corrected chi connectivity index (χ3v) is 4.56. The third kappa shape index (κ3) is 4.74. The molecule has 0 fully saturated rings. The number of alkyl halides is 3. The monoisotopic (exact) mass is 400 g/mol. The molecule has 0 aliphatic carbocycles. The molecule has 1 amide bonds. The van der Waals surface area contributed by atoms with Gasteiger partial charge in [0.05, 0.1) is 6.04 Å². The molecular formula is C22H19F3N2O2. The fourth-order valence-electron chi connectivity index (χ4n) is 2.90. The maximum Gasteiger partial charge on any atom is 0.431 e. The van der Waals surface area contributed by atoms with Crippen LogP contribution >= 0.6 is 0 Å². The number of amides is 1. The van der Waals surface area contributed by atoms with Crippen LogP contribution in [0.3, 0.4) is 0 Å². The Morgan fingerprint density at radius 1 is 0.862 bits per heavy atom. The molecule has 1 aromatic heterocycles. The molecule has 4 nitrogen and oxygen atoms in total. The molecule has 0 bridgehead atoms. The van der Waals surface area contributed by atoms with Crippen molar-refractivity contribution in [2.24, 2.45) is 0 Å². The maximum atomic E-state index is 12.7. The highest BCUT2D eigenvalue weighted by Gasteiger charge is 2.32. The van der Waals surface area contributed by atoms with Crippen LogP contribution in [0.25, 0.3) is 0 Å². The number of pyridine rings is 1. The van der Waals surface area contributed by atoms with E-state index in [0.29, 0.717) is 6.07 Å². The zero-order valence-corrected chi connectivity index (χ0v) is 15.8. The first-order valence-electron chi connectivity index (χ1n) is 8.89. The van der Waals surface area contributed by atoms with Crippen molar-refractivity contribution < 1.29 is 18.0 Å². The van der Waals surface area contributed by atoms with Crippen LogP contribution in [-0.4, -0.2) is 10.9 Å². The number of nitrogens with one attached hydrogen (secondary N) is 2. The summed E-state index contributed by atoms with van der Waals surface area (Å²) in [7, 11) is 0. The predicted octanol–water partition coefficient (Wildman–Crippen LogP) is 4.53. The van der Waals surface area contributed by atoms with Crippen molar-refractivity contribution >= 4 is 5.91 Å². The molecule has 1 heterocycles. The molecule has 0 aliphatic heterocycles. The van der Waals surface area contributed by atoms with Gasteiger partial charge in [-0.25, -0.2) is 0 Å². The molecule has 0 saturated heterocycles. The van der Waals surface area contributed by atoms with E-state index in [1.54, 1.807) is 4.98 Å². The molecule has 3 rings (SSSR count). The quantitative estimate of drug-likeness (QED) is 0.676. The fraction of sp³-hybridized carbons (Fsp3) is 0.182. The molecule has 29 heavy (non-hydrogen) atoms. The number of aromatic amines is 1. The van der Waals surface area contributed by atoms with Crippen molar-refractivity contribution in [2.75, 3.05) is 0 Å².